The highest BCUT2D eigenvalue weighted by Gasteiger charge is 2.19. The van der Waals surface area contributed by atoms with Gasteiger partial charge in [-0.25, -0.2) is 0 Å². The maximum Gasteiger partial charge on any atom is 0.306 e. The van der Waals surface area contributed by atoms with Crippen molar-refractivity contribution < 1.29 is 28.6 Å². The van der Waals surface area contributed by atoms with Gasteiger partial charge in [0, 0.05) is 19.3 Å². The number of rotatable bonds is 47. The van der Waals surface area contributed by atoms with Crippen molar-refractivity contribution in [3.8, 4) is 0 Å². The SMILES string of the molecule is CC/C=C\C/C=C\C/C=C\CCCCCCCCCCCC(=O)OCC(COC(=O)CCCC/C=C\C/C=C\CC)OC(=O)CCCCCCC/C=C\C=C/CCCCCCCCC. The Balaban J connectivity index is 4.35. The van der Waals surface area contributed by atoms with Crippen molar-refractivity contribution in [3.05, 3.63) is 85.1 Å². The lowest BCUT2D eigenvalue weighted by Crippen LogP contribution is -2.30. The summed E-state index contributed by atoms with van der Waals surface area (Å²) < 4.78 is 16.7. The van der Waals surface area contributed by atoms with Gasteiger partial charge in [0.1, 0.15) is 13.2 Å². The Hall–Kier alpha value is -3.41. The van der Waals surface area contributed by atoms with Crippen molar-refractivity contribution in [2.45, 2.75) is 252 Å². The Morgan fingerprint density at radius 1 is 0.344 bits per heavy atom. The molecule has 0 bridgehead atoms. The molecule has 6 nitrogen and oxygen atoms in total. The Bertz CT molecular complexity index is 1250. The maximum atomic E-state index is 12.8. The van der Waals surface area contributed by atoms with Gasteiger partial charge in [-0.05, 0) is 103 Å². The highest BCUT2D eigenvalue weighted by Crippen LogP contribution is 2.14. The van der Waals surface area contributed by atoms with Crippen molar-refractivity contribution in [2.75, 3.05) is 13.2 Å². The van der Waals surface area contributed by atoms with Gasteiger partial charge in [0.25, 0.3) is 0 Å². The van der Waals surface area contributed by atoms with Crippen LogP contribution < -0.4 is 0 Å². The lowest BCUT2D eigenvalue weighted by Gasteiger charge is -2.18. The van der Waals surface area contributed by atoms with Crippen LogP contribution in [0, 0.1) is 0 Å². The molecule has 0 N–H and O–H groups in total. The molecule has 0 aromatic carbocycles. The van der Waals surface area contributed by atoms with Crippen LogP contribution in [0.5, 0.6) is 0 Å². The quantitative estimate of drug-likeness (QED) is 0.0199. The summed E-state index contributed by atoms with van der Waals surface area (Å²) in [5.41, 5.74) is 0. The van der Waals surface area contributed by atoms with Crippen molar-refractivity contribution >= 4 is 17.9 Å². The summed E-state index contributed by atoms with van der Waals surface area (Å²) in [7, 11) is 0. The van der Waals surface area contributed by atoms with Crippen LogP contribution in [0.4, 0.5) is 0 Å². The summed E-state index contributed by atoms with van der Waals surface area (Å²) in [5, 5.41) is 0. The molecule has 0 amide bonds. The van der Waals surface area contributed by atoms with E-state index in [0.717, 1.165) is 109 Å². The van der Waals surface area contributed by atoms with E-state index < -0.39 is 6.10 Å². The Labute approximate surface area is 395 Å². The van der Waals surface area contributed by atoms with Crippen molar-refractivity contribution in [2.24, 2.45) is 0 Å². The molecule has 1 unspecified atom stereocenters. The molecule has 64 heavy (non-hydrogen) atoms. The van der Waals surface area contributed by atoms with E-state index >= 15 is 0 Å². The summed E-state index contributed by atoms with van der Waals surface area (Å²) in [5.74, 6) is -0.955. The fraction of sp³-hybridized carbons (Fsp3) is 0.707. The molecule has 0 fully saturated rings. The zero-order valence-electron chi connectivity index (χ0n) is 41.8. The normalized spacial score (nSPS) is 12.7. The van der Waals surface area contributed by atoms with Gasteiger partial charge < -0.3 is 14.2 Å². The smallest absolute Gasteiger partial charge is 0.306 e. The number of allylic oxidation sites excluding steroid dienone is 14. The van der Waals surface area contributed by atoms with Crippen LogP contribution in [-0.2, 0) is 28.6 Å². The van der Waals surface area contributed by atoms with Gasteiger partial charge in [0.2, 0.25) is 0 Å². The molecule has 0 radical (unpaired) electrons. The summed E-state index contributed by atoms with van der Waals surface area (Å²) in [6, 6.07) is 0. The minimum absolute atomic E-state index is 0.0965. The average molecular weight is 891 g/mol. The van der Waals surface area contributed by atoms with Gasteiger partial charge in [-0.2, -0.15) is 0 Å². The van der Waals surface area contributed by atoms with Crippen molar-refractivity contribution in [1.82, 2.24) is 0 Å². The molecule has 0 aliphatic heterocycles. The van der Waals surface area contributed by atoms with Gasteiger partial charge in [0.05, 0.1) is 0 Å². The topological polar surface area (TPSA) is 78.9 Å². The fourth-order valence-corrected chi connectivity index (χ4v) is 7.19. The molecule has 0 rings (SSSR count). The monoisotopic (exact) mass is 891 g/mol. The van der Waals surface area contributed by atoms with E-state index in [2.05, 4.69) is 106 Å². The van der Waals surface area contributed by atoms with E-state index in [4.69, 9.17) is 14.2 Å². The summed E-state index contributed by atoms with van der Waals surface area (Å²) in [6.07, 6.45) is 67.3. The van der Waals surface area contributed by atoms with E-state index in [1.54, 1.807) is 0 Å². The van der Waals surface area contributed by atoms with E-state index in [-0.39, 0.29) is 31.1 Å². The lowest BCUT2D eigenvalue weighted by molar-refractivity contribution is -0.167. The van der Waals surface area contributed by atoms with E-state index in [1.807, 2.05) is 0 Å². The van der Waals surface area contributed by atoms with Gasteiger partial charge in [-0.15, -0.1) is 0 Å². The molecule has 0 saturated carbocycles. The Morgan fingerprint density at radius 3 is 1.08 bits per heavy atom. The molecule has 1 atom stereocenters. The lowest BCUT2D eigenvalue weighted by atomic mass is 10.1. The highest BCUT2D eigenvalue weighted by atomic mass is 16.6. The Kier molecular flexibility index (Phi) is 49.4. The molecule has 0 aliphatic carbocycles. The van der Waals surface area contributed by atoms with Gasteiger partial charge in [-0.1, -0.05) is 209 Å². The standard InChI is InChI=1S/C58H98O6/c1-4-7-10-13-16-19-21-23-25-27-29-31-32-34-36-39-42-45-48-51-57(60)63-54-55(53-62-56(59)50-47-44-41-38-18-15-12-9-6-3)64-58(61)52-49-46-43-40-37-35-33-30-28-26-24-22-20-17-14-11-8-5-2/h7,9-10,12,16,18-19,23,25-26,28,30,33,38,55H,4-6,8,11,13-15,17,20-22,24,27,29,31-32,34-37,39-54H2,1-3H3/b10-7-,12-9-,19-16-,25-23-,28-26-,33-30-,38-18-. The van der Waals surface area contributed by atoms with Gasteiger partial charge in [-0.3, -0.25) is 14.4 Å². The van der Waals surface area contributed by atoms with E-state index in [1.165, 1.54) is 96.3 Å². The number of hydrogen-bond acceptors (Lipinski definition) is 6. The number of esters is 3. The first-order valence-corrected chi connectivity index (χ1v) is 26.6. The summed E-state index contributed by atoms with van der Waals surface area (Å²) in [6.45, 7) is 6.35. The largest absolute Gasteiger partial charge is 0.462 e. The van der Waals surface area contributed by atoms with Crippen molar-refractivity contribution in [3.63, 3.8) is 0 Å². The predicted octanol–water partition coefficient (Wildman–Crippen LogP) is 17.6. The van der Waals surface area contributed by atoms with Gasteiger partial charge in [0.15, 0.2) is 6.10 Å². The molecular formula is C58H98O6. The molecule has 0 saturated heterocycles. The van der Waals surface area contributed by atoms with E-state index in [0.29, 0.717) is 19.3 Å². The third-order valence-electron chi connectivity index (χ3n) is 11.1. The predicted molar refractivity (Wildman–Crippen MR) is 274 cm³/mol. The van der Waals surface area contributed by atoms with Crippen LogP contribution in [0.1, 0.15) is 245 Å². The number of carbonyl (C=O) groups is 3. The molecule has 0 aromatic rings. The summed E-state index contributed by atoms with van der Waals surface area (Å²) >= 11 is 0. The number of unbranched alkanes of at least 4 members (excludes halogenated alkanes) is 23. The Morgan fingerprint density at radius 2 is 0.656 bits per heavy atom. The van der Waals surface area contributed by atoms with E-state index in [9.17, 15) is 14.4 Å². The van der Waals surface area contributed by atoms with Crippen LogP contribution in [0.3, 0.4) is 0 Å². The number of carbonyl (C=O) groups excluding carboxylic acids is 3. The number of hydrogen-bond donors (Lipinski definition) is 0. The average Bonchev–Trinajstić information content (AvgIpc) is 3.29. The van der Waals surface area contributed by atoms with Gasteiger partial charge >= 0.3 is 17.9 Å². The third-order valence-corrected chi connectivity index (χ3v) is 11.1. The third kappa shape index (κ3) is 49.6. The second-order valence-corrected chi connectivity index (χ2v) is 17.4. The van der Waals surface area contributed by atoms with Crippen molar-refractivity contribution in [1.29, 1.82) is 0 Å². The highest BCUT2D eigenvalue weighted by molar-refractivity contribution is 5.71. The fourth-order valence-electron chi connectivity index (χ4n) is 7.19. The zero-order valence-corrected chi connectivity index (χ0v) is 41.8. The first-order chi connectivity index (χ1) is 31.5. The first kappa shape index (κ1) is 60.6. The minimum atomic E-state index is -0.799. The first-order valence-electron chi connectivity index (χ1n) is 26.6. The van der Waals surface area contributed by atoms with Crippen LogP contribution in [0.2, 0.25) is 0 Å². The maximum absolute atomic E-state index is 12.8. The van der Waals surface area contributed by atoms with Crippen LogP contribution >= 0.6 is 0 Å². The second-order valence-electron chi connectivity index (χ2n) is 17.4. The zero-order chi connectivity index (χ0) is 46.5. The minimum Gasteiger partial charge on any atom is -0.462 e. The molecule has 0 aliphatic rings. The van der Waals surface area contributed by atoms with Crippen LogP contribution in [0.15, 0.2) is 85.1 Å². The molecule has 0 aromatic heterocycles. The summed E-state index contributed by atoms with van der Waals surface area (Å²) in [4.78, 5) is 37.9. The second kappa shape index (κ2) is 52.2. The van der Waals surface area contributed by atoms with Crippen LogP contribution in [-0.4, -0.2) is 37.2 Å². The molecule has 6 heteroatoms. The molecular weight excluding hydrogens is 793 g/mol. The molecule has 366 valence electrons. The number of ether oxygens (including phenoxy) is 3. The molecule has 0 heterocycles. The van der Waals surface area contributed by atoms with Crippen LogP contribution in [0.25, 0.3) is 0 Å². The molecule has 0 spiro atoms.